The fraction of sp³-hybridized carbons (Fsp3) is 0.655. The van der Waals surface area contributed by atoms with Gasteiger partial charge in [-0.25, -0.2) is 0 Å². The Balaban J connectivity index is -0.000000401. The molecule has 0 aromatic heterocycles. The summed E-state index contributed by atoms with van der Waals surface area (Å²) >= 11 is 0. The Morgan fingerprint density at radius 3 is 1.78 bits per heavy atom. The normalized spacial score (nSPS) is 26.3. The Labute approximate surface area is 218 Å². The zero-order valence-electron chi connectivity index (χ0n) is 21.1. The Kier molecular flexibility index (Phi) is 21.2. The van der Waals surface area contributed by atoms with Gasteiger partial charge in [0.1, 0.15) is 0 Å². The molecule has 3 unspecified atom stereocenters. The van der Waals surface area contributed by atoms with Crippen molar-refractivity contribution in [3.8, 4) is 47.6 Å². The summed E-state index contributed by atoms with van der Waals surface area (Å²) in [6.45, 7) is 7.18. The van der Waals surface area contributed by atoms with Crippen LogP contribution in [0.25, 0.3) is 0 Å². The molecule has 3 rings (SSSR count). The molecule has 0 aromatic rings. The van der Waals surface area contributed by atoms with Crippen molar-refractivity contribution in [3.63, 3.8) is 0 Å². The Morgan fingerprint density at radius 1 is 0.781 bits per heavy atom. The molecule has 1 saturated heterocycles. The summed E-state index contributed by atoms with van der Waals surface area (Å²) < 4.78 is 0. The van der Waals surface area contributed by atoms with Crippen LogP contribution < -0.4 is 0 Å². The number of rotatable bonds is 4. The minimum absolute atomic E-state index is 0. The second-order valence-corrected chi connectivity index (χ2v) is 13.6. The predicted molar refractivity (Wildman–Crippen MR) is 151 cm³/mol. The average molecular weight is 514 g/mol. The van der Waals surface area contributed by atoms with E-state index in [0.29, 0.717) is 0 Å². The Morgan fingerprint density at radius 2 is 1.28 bits per heavy atom. The molecule has 0 aromatic carbocycles. The van der Waals surface area contributed by atoms with Crippen LogP contribution in [-0.4, -0.2) is 29.3 Å². The van der Waals surface area contributed by atoms with E-state index in [4.69, 9.17) is 6.42 Å². The molecule has 0 spiro atoms. The van der Waals surface area contributed by atoms with Crippen LogP contribution >= 0.6 is 15.8 Å². The molecule has 2 aliphatic carbocycles. The third-order valence-electron chi connectivity index (χ3n) is 6.75. The number of terminal acetylenes is 1. The van der Waals surface area contributed by atoms with Gasteiger partial charge in [-0.3, -0.25) is 0 Å². The van der Waals surface area contributed by atoms with Crippen LogP contribution in [0.3, 0.4) is 0 Å². The van der Waals surface area contributed by atoms with Crippen molar-refractivity contribution < 1.29 is 19.9 Å². The van der Waals surface area contributed by atoms with Gasteiger partial charge in [-0.2, -0.15) is 0 Å². The van der Waals surface area contributed by atoms with E-state index in [1.165, 1.54) is 77.0 Å². The monoisotopic (exact) mass is 514 g/mol. The van der Waals surface area contributed by atoms with E-state index in [0.717, 1.165) is 22.6 Å². The minimum Gasteiger partial charge on any atom is -0.358 e. The maximum absolute atomic E-state index is 5.07. The van der Waals surface area contributed by atoms with Crippen LogP contribution in [0.2, 0.25) is 0 Å². The van der Waals surface area contributed by atoms with Crippen LogP contribution in [-0.2, 0) is 17.1 Å². The minimum atomic E-state index is -0.246. The quantitative estimate of drug-likeness (QED) is 0.152. The van der Waals surface area contributed by atoms with E-state index in [1.807, 2.05) is 0 Å². The second kappa shape index (κ2) is 20.0. The molecular weight excluding hydrogens is 466 g/mol. The van der Waals surface area contributed by atoms with Gasteiger partial charge in [0.25, 0.3) is 0 Å². The van der Waals surface area contributed by atoms with Crippen molar-refractivity contribution in [1.29, 1.82) is 0 Å². The van der Waals surface area contributed by atoms with Crippen molar-refractivity contribution in [2.24, 2.45) is 0 Å². The molecule has 0 amide bonds. The predicted octanol–water partition coefficient (Wildman–Crippen LogP) is 8.79. The second-order valence-electron chi connectivity index (χ2n) is 8.47. The summed E-state index contributed by atoms with van der Waals surface area (Å²) in [5, 5.41) is 0. The van der Waals surface area contributed by atoms with E-state index < -0.39 is 0 Å². The van der Waals surface area contributed by atoms with Gasteiger partial charge < -0.3 is 14.9 Å². The molecule has 32 heavy (non-hydrogen) atoms. The molecule has 5 atom stereocenters. The summed E-state index contributed by atoms with van der Waals surface area (Å²) in [6, 6.07) is 0. The van der Waals surface area contributed by atoms with Crippen LogP contribution in [0.4, 0.5) is 0 Å². The SMILES string of the molecule is C#CC#CC#CC#CP(C)C1CCCC1P1[C@H](CC)CC[C@H]1CC.C1CCCC1.[CH3-].[CH3-].[Fe+2].[HH].[HH]. The Bertz CT molecular complexity index is 705. The van der Waals surface area contributed by atoms with Gasteiger partial charge in [0.15, 0.2) is 0 Å². The molecule has 3 aliphatic rings. The smallest absolute Gasteiger partial charge is 0.358 e. The topological polar surface area (TPSA) is 0 Å². The van der Waals surface area contributed by atoms with Gasteiger partial charge in [0, 0.05) is 2.85 Å². The number of hydrogen-bond donors (Lipinski definition) is 0. The standard InChI is InChI=1S/C22H28P2.C5H10.2CH3.Fe.2H2/c1-5-8-9-10-11-12-18-23(4)21-14-13-15-22(21)24-19(6-2)16-17-20(24)7-3;1-2-4-5-3-1;;;;;/h1,19-22H,6-7,13-17H2,2-4H3;1-5H2;2*1H3;;2*1H/q;;2*-1;+2;;/t19-,20-,21?,22?,23?;;;;;;/m1....../s1. The zero-order chi connectivity index (χ0) is 20.9. The van der Waals surface area contributed by atoms with Gasteiger partial charge in [-0.15, -0.1) is 6.42 Å². The summed E-state index contributed by atoms with van der Waals surface area (Å²) in [4.78, 5) is 0. The third kappa shape index (κ3) is 10.7. The van der Waals surface area contributed by atoms with Crippen LogP contribution in [0.15, 0.2) is 0 Å². The molecular formula is C29H48FeP2. The Hall–Kier alpha value is -0.381. The van der Waals surface area contributed by atoms with E-state index in [1.54, 1.807) is 0 Å². The molecule has 1 heterocycles. The van der Waals surface area contributed by atoms with Gasteiger partial charge >= 0.3 is 17.1 Å². The summed E-state index contributed by atoms with van der Waals surface area (Å²) in [6.07, 6.45) is 22.6. The first-order valence-electron chi connectivity index (χ1n) is 11.7. The van der Waals surface area contributed by atoms with Gasteiger partial charge in [0.2, 0.25) is 0 Å². The first-order chi connectivity index (χ1) is 14.2. The van der Waals surface area contributed by atoms with Crippen molar-refractivity contribution in [2.45, 2.75) is 114 Å². The first-order valence-corrected chi connectivity index (χ1v) is 15.1. The molecule has 0 radical (unpaired) electrons. The van der Waals surface area contributed by atoms with E-state index in [9.17, 15) is 0 Å². The number of hydrogen-bond acceptors (Lipinski definition) is 0. The fourth-order valence-corrected chi connectivity index (χ4v) is 12.4. The van der Waals surface area contributed by atoms with E-state index in [2.05, 4.69) is 61.7 Å². The fourth-order valence-electron chi connectivity index (χ4n) is 5.29. The molecule has 1 aliphatic heterocycles. The van der Waals surface area contributed by atoms with Gasteiger partial charge in [-0.1, -0.05) is 66.0 Å². The largest absolute Gasteiger partial charge is 2.00 e. The van der Waals surface area contributed by atoms with E-state index >= 15 is 0 Å². The zero-order valence-corrected chi connectivity index (χ0v) is 24.0. The summed E-state index contributed by atoms with van der Waals surface area (Å²) in [5.74, 6) is 16.0. The molecule has 2 saturated carbocycles. The maximum Gasteiger partial charge on any atom is 2.00 e. The average Bonchev–Trinajstić information content (AvgIpc) is 3.50. The van der Waals surface area contributed by atoms with Crippen LogP contribution in [0.1, 0.15) is 93.8 Å². The summed E-state index contributed by atoms with van der Waals surface area (Å²) in [5.41, 5.74) is 7.31. The van der Waals surface area contributed by atoms with Gasteiger partial charge in [-0.05, 0) is 111 Å². The molecule has 0 bridgehead atoms. The van der Waals surface area contributed by atoms with Crippen molar-refractivity contribution in [3.05, 3.63) is 14.9 Å². The maximum atomic E-state index is 5.07. The van der Waals surface area contributed by atoms with Crippen LogP contribution in [0.5, 0.6) is 0 Å². The van der Waals surface area contributed by atoms with Gasteiger partial charge in [0.05, 0.1) is 0 Å². The molecule has 0 N–H and O–H groups in total. The van der Waals surface area contributed by atoms with Crippen molar-refractivity contribution in [1.82, 2.24) is 0 Å². The first kappa shape index (κ1) is 33.8. The molecule has 3 heteroatoms. The molecule has 0 nitrogen and oxygen atoms in total. The van der Waals surface area contributed by atoms with Crippen LogP contribution in [0, 0.1) is 62.5 Å². The molecule has 182 valence electrons. The van der Waals surface area contributed by atoms with Crippen molar-refractivity contribution in [2.75, 3.05) is 6.66 Å². The van der Waals surface area contributed by atoms with E-state index in [-0.39, 0.29) is 50.6 Å². The summed E-state index contributed by atoms with van der Waals surface area (Å²) in [7, 11) is -0.0495. The molecule has 3 fully saturated rings. The van der Waals surface area contributed by atoms with Crippen molar-refractivity contribution >= 4 is 15.8 Å². The third-order valence-corrected chi connectivity index (χ3v) is 13.4.